The predicted octanol–water partition coefficient (Wildman–Crippen LogP) is -0.684. The van der Waals surface area contributed by atoms with Crippen molar-refractivity contribution in [3.63, 3.8) is 0 Å². The monoisotopic (exact) mass is 224 g/mol. The molecular weight excluding hydrogens is 216 g/mol. The number of hydrogen-bond donors (Lipinski definition) is 1. The first kappa shape index (κ1) is 10.1. The normalized spacial score (nSPS) is 10.6. The van der Waals surface area contributed by atoms with Crippen LogP contribution in [0.1, 0.15) is 16.2 Å². The Morgan fingerprint density at radius 1 is 1.62 bits per heavy atom. The second kappa shape index (κ2) is 3.65. The van der Waals surface area contributed by atoms with Gasteiger partial charge in [0.15, 0.2) is 11.5 Å². The average molecular weight is 224 g/mol. The molecule has 2 rings (SSSR count). The molecule has 2 heterocycles. The minimum absolute atomic E-state index is 0.0555. The molecule has 0 spiro atoms. The third kappa shape index (κ3) is 1.72. The molecule has 0 atom stereocenters. The molecule has 0 saturated carbocycles. The molecule has 8 nitrogen and oxygen atoms in total. The van der Waals surface area contributed by atoms with Crippen molar-refractivity contribution in [3.05, 3.63) is 34.3 Å². The zero-order valence-electron chi connectivity index (χ0n) is 8.32. The van der Waals surface area contributed by atoms with E-state index in [-0.39, 0.29) is 23.7 Å². The summed E-state index contributed by atoms with van der Waals surface area (Å²) in [6.07, 6.45) is 1.36. The number of rotatable bonds is 3. The van der Waals surface area contributed by atoms with Gasteiger partial charge in [0.2, 0.25) is 0 Å². The van der Waals surface area contributed by atoms with E-state index in [0.29, 0.717) is 0 Å². The summed E-state index contributed by atoms with van der Waals surface area (Å²) in [4.78, 5) is 21.9. The fourth-order valence-corrected chi connectivity index (χ4v) is 1.17. The van der Waals surface area contributed by atoms with E-state index in [0.717, 1.165) is 4.68 Å². The van der Waals surface area contributed by atoms with Gasteiger partial charge < -0.3 is 9.63 Å². The molecule has 0 radical (unpaired) electrons. The van der Waals surface area contributed by atoms with Crippen LogP contribution in [-0.4, -0.2) is 30.6 Å². The second-order valence-corrected chi connectivity index (χ2v) is 3.17. The van der Waals surface area contributed by atoms with Gasteiger partial charge in [-0.15, -0.1) is 0 Å². The highest BCUT2D eigenvalue weighted by atomic mass is 16.5. The molecular formula is C8H8N4O4. The maximum atomic E-state index is 11.4. The van der Waals surface area contributed by atoms with Crippen molar-refractivity contribution in [2.24, 2.45) is 7.05 Å². The summed E-state index contributed by atoms with van der Waals surface area (Å²) in [6, 6.07) is 1.25. The van der Waals surface area contributed by atoms with Gasteiger partial charge in [-0.05, 0) is 0 Å². The van der Waals surface area contributed by atoms with Gasteiger partial charge in [0, 0.05) is 13.1 Å². The molecule has 2 aromatic heterocycles. The van der Waals surface area contributed by atoms with Crippen molar-refractivity contribution < 1.29 is 14.4 Å². The minimum Gasteiger partial charge on any atom is -0.476 e. The molecule has 84 valence electrons. The Labute approximate surface area is 88.7 Å². The van der Waals surface area contributed by atoms with Crippen LogP contribution in [0.3, 0.4) is 0 Å². The van der Waals surface area contributed by atoms with E-state index in [1.54, 1.807) is 7.05 Å². The van der Waals surface area contributed by atoms with E-state index in [9.17, 15) is 9.59 Å². The highest BCUT2D eigenvalue weighted by Gasteiger charge is 2.12. The van der Waals surface area contributed by atoms with Gasteiger partial charge in [-0.2, -0.15) is 5.10 Å². The maximum absolute atomic E-state index is 11.4. The molecule has 0 saturated heterocycles. The molecule has 0 fully saturated rings. The van der Waals surface area contributed by atoms with E-state index >= 15 is 0 Å². The number of aromatic nitrogens is 4. The fourth-order valence-electron chi connectivity index (χ4n) is 1.17. The van der Waals surface area contributed by atoms with Crippen molar-refractivity contribution in [2.45, 2.75) is 6.54 Å². The lowest BCUT2D eigenvalue weighted by Gasteiger charge is -1.92. The van der Waals surface area contributed by atoms with Crippen LogP contribution >= 0.6 is 0 Å². The topological polar surface area (TPSA) is 103 Å². The standard InChI is InChI=1S/C8H8N4O4/c1-11-4-9-12(8(11)15)3-5-2-6(7(13)14)10-16-5/h2,4H,3H2,1H3,(H,13,14). The number of carboxylic acids is 1. The molecule has 1 N–H and O–H groups in total. The van der Waals surface area contributed by atoms with Crippen molar-refractivity contribution in [1.29, 1.82) is 0 Å². The number of carboxylic acid groups (broad SMARTS) is 1. The first-order chi connectivity index (χ1) is 7.58. The lowest BCUT2D eigenvalue weighted by molar-refractivity contribution is 0.0685. The molecule has 2 aromatic rings. The summed E-state index contributed by atoms with van der Waals surface area (Å²) in [7, 11) is 1.56. The summed E-state index contributed by atoms with van der Waals surface area (Å²) in [5.74, 6) is -0.915. The summed E-state index contributed by atoms with van der Waals surface area (Å²) in [5, 5.41) is 15.7. The van der Waals surface area contributed by atoms with Crippen molar-refractivity contribution in [3.8, 4) is 0 Å². The zero-order chi connectivity index (χ0) is 11.7. The number of aromatic carboxylic acids is 1. The number of carbonyl (C=O) groups is 1. The van der Waals surface area contributed by atoms with Crippen LogP contribution in [0, 0.1) is 0 Å². The van der Waals surface area contributed by atoms with Crippen molar-refractivity contribution in [2.75, 3.05) is 0 Å². The molecule has 16 heavy (non-hydrogen) atoms. The summed E-state index contributed by atoms with van der Waals surface area (Å²) in [5.41, 5.74) is -0.507. The molecule has 8 heteroatoms. The Bertz CT molecular complexity index is 579. The smallest absolute Gasteiger partial charge is 0.358 e. The highest BCUT2D eigenvalue weighted by molar-refractivity contribution is 5.85. The van der Waals surface area contributed by atoms with Gasteiger partial charge >= 0.3 is 11.7 Å². The first-order valence-electron chi connectivity index (χ1n) is 4.35. The SMILES string of the molecule is Cn1cnn(Cc2cc(C(=O)O)no2)c1=O. The number of nitrogens with zero attached hydrogens (tertiary/aromatic N) is 4. The minimum atomic E-state index is -1.18. The third-order valence-corrected chi connectivity index (χ3v) is 1.97. The van der Waals surface area contributed by atoms with E-state index in [1.165, 1.54) is 17.0 Å². The molecule has 0 aliphatic carbocycles. The van der Waals surface area contributed by atoms with Crippen LogP contribution in [0.5, 0.6) is 0 Å². The van der Waals surface area contributed by atoms with E-state index in [1.807, 2.05) is 0 Å². The maximum Gasteiger partial charge on any atom is 0.358 e. The second-order valence-electron chi connectivity index (χ2n) is 3.17. The lowest BCUT2D eigenvalue weighted by atomic mass is 10.3. The number of aryl methyl sites for hydroxylation is 1. The largest absolute Gasteiger partial charge is 0.476 e. The molecule has 0 unspecified atom stereocenters. The van der Waals surface area contributed by atoms with Crippen LogP contribution in [0.25, 0.3) is 0 Å². The summed E-state index contributed by atoms with van der Waals surface area (Å²) < 4.78 is 7.20. The van der Waals surface area contributed by atoms with Crippen LogP contribution in [0.15, 0.2) is 21.7 Å². The van der Waals surface area contributed by atoms with Crippen molar-refractivity contribution >= 4 is 5.97 Å². The Hall–Kier alpha value is -2.38. The van der Waals surface area contributed by atoms with Gasteiger partial charge in [0.1, 0.15) is 12.9 Å². The Kier molecular flexibility index (Phi) is 2.31. The Balaban J connectivity index is 2.24. The number of hydrogen-bond acceptors (Lipinski definition) is 5. The van der Waals surface area contributed by atoms with Crippen LogP contribution in [0.4, 0.5) is 0 Å². The third-order valence-electron chi connectivity index (χ3n) is 1.97. The predicted molar refractivity (Wildman–Crippen MR) is 50.0 cm³/mol. The highest BCUT2D eigenvalue weighted by Crippen LogP contribution is 2.04. The molecule has 0 bridgehead atoms. The first-order valence-corrected chi connectivity index (χ1v) is 4.35. The van der Waals surface area contributed by atoms with Gasteiger partial charge in [-0.3, -0.25) is 4.57 Å². The van der Waals surface area contributed by atoms with E-state index in [2.05, 4.69) is 10.3 Å². The summed E-state index contributed by atoms with van der Waals surface area (Å²) in [6.45, 7) is 0.0555. The Morgan fingerprint density at radius 2 is 2.38 bits per heavy atom. The van der Waals surface area contributed by atoms with Crippen LogP contribution in [-0.2, 0) is 13.6 Å². The van der Waals surface area contributed by atoms with Crippen LogP contribution in [0.2, 0.25) is 0 Å². The molecule has 0 amide bonds. The average Bonchev–Trinajstić information content (AvgIpc) is 2.81. The lowest BCUT2D eigenvalue weighted by Crippen LogP contribution is -2.23. The summed E-state index contributed by atoms with van der Waals surface area (Å²) >= 11 is 0. The van der Waals surface area contributed by atoms with Gasteiger partial charge in [-0.1, -0.05) is 5.16 Å². The van der Waals surface area contributed by atoms with Crippen LogP contribution < -0.4 is 5.69 Å². The molecule has 0 aliphatic rings. The van der Waals surface area contributed by atoms with E-state index in [4.69, 9.17) is 9.63 Å². The molecule has 0 aliphatic heterocycles. The quantitative estimate of drug-likeness (QED) is 0.740. The van der Waals surface area contributed by atoms with Gasteiger partial charge in [-0.25, -0.2) is 14.3 Å². The zero-order valence-corrected chi connectivity index (χ0v) is 8.32. The van der Waals surface area contributed by atoms with Gasteiger partial charge in [0.05, 0.1) is 0 Å². The van der Waals surface area contributed by atoms with E-state index < -0.39 is 5.97 Å². The molecule has 0 aromatic carbocycles. The van der Waals surface area contributed by atoms with Crippen molar-refractivity contribution in [1.82, 2.24) is 19.5 Å². The Morgan fingerprint density at radius 3 is 2.88 bits per heavy atom. The van der Waals surface area contributed by atoms with Gasteiger partial charge in [0.25, 0.3) is 0 Å². The fraction of sp³-hybridized carbons (Fsp3) is 0.250.